The molecule has 4 rings (SSSR count). The molecule has 1 saturated heterocycles. The molecule has 0 aliphatic carbocycles. The lowest BCUT2D eigenvalue weighted by Crippen LogP contribution is -2.50. The highest BCUT2D eigenvalue weighted by Crippen LogP contribution is 2.19. The highest BCUT2D eigenvalue weighted by molar-refractivity contribution is 5.95. The number of pyridine rings is 1. The predicted molar refractivity (Wildman–Crippen MR) is 104 cm³/mol. The third-order valence-electron chi connectivity index (χ3n) is 4.70. The molecular weight excluding hydrogens is 375 g/mol. The summed E-state index contributed by atoms with van der Waals surface area (Å²) in [6, 6.07) is 10.9. The Morgan fingerprint density at radius 1 is 0.931 bits per heavy atom. The quantitative estimate of drug-likeness (QED) is 0.735. The van der Waals surface area contributed by atoms with Crippen LogP contribution in [0.2, 0.25) is 0 Å². The Hall–Kier alpha value is -3.68. The van der Waals surface area contributed by atoms with Gasteiger partial charge in [-0.1, -0.05) is 0 Å². The number of anilines is 2. The lowest BCUT2D eigenvalue weighted by atomic mass is 10.2. The molecule has 8 heteroatoms. The molecule has 0 radical (unpaired) electrons. The molecule has 1 aromatic carbocycles. The number of nitrogens with zero attached hydrogens (tertiary/aromatic N) is 3. The molecule has 0 spiro atoms. The van der Waals surface area contributed by atoms with Gasteiger partial charge in [-0.05, 0) is 42.5 Å². The van der Waals surface area contributed by atoms with Crippen LogP contribution in [0.25, 0.3) is 0 Å². The van der Waals surface area contributed by atoms with Crippen molar-refractivity contribution in [3.63, 3.8) is 0 Å². The van der Waals surface area contributed by atoms with Crippen LogP contribution in [0.1, 0.15) is 20.9 Å². The lowest BCUT2D eigenvalue weighted by Gasteiger charge is -2.34. The van der Waals surface area contributed by atoms with Gasteiger partial charge in [-0.3, -0.25) is 14.6 Å². The fourth-order valence-corrected chi connectivity index (χ4v) is 3.18. The van der Waals surface area contributed by atoms with Crippen molar-refractivity contribution in [3.05, 3.63) is 78.3 Å². The second-order valence-electron chi connectivity index (χ2n) is 6.66. The number of furan rings is 1. The monoisotopic (exact) mass is 394 g/mol. The van der Waals surface area contributed by atoms with Crippen molar-refractivity contribution < 1.29 is 18.4 Å². The average molecular weight is 394 g/mol. The van der Waals surface area contributed by atoms with Gasteiger partial charge in [-0.2, -0.15) is 0 Å². The first-order chi connectivity index (χ1) is 14.1. The van der Waals surface area contributed by atoms with Crippen LogP contribution in [-0.4, -0.2) is 52.8 Å². The van der Waals surface area contributed by atoms with Crippen molar-refractivity contribution in [2.45, 2.75) is 0 Å². The van der Waals surface area contributed by atoms with E-state index in [1.807, 2.05) is 0 Å². The van der Waals surface area contributed by atoms with Crippen LogP contribution in [0, 0.1) is 5.82 Å². The highest BCUT2D eigenvalue weighted by Gasteiger charge is 2.26. The van der Waals surface area contributed by atoms with Crippen molar-refractivity contribution in [1.82, 2.24) is 14.8 Å². The Morgan fingerprint density at radius 2 is 1.62 bits per heavy atom. The predicted octanol–water partition coefficient (Wildman–Crippen LogP) is 3.16. The van der Waals surface area contributed by atoms with Gasteiger partial charge in [0.15, 0.2) is 5.76 Å². The van der Waals surface area contributed by atoms with Crippen LogP contribution in [0.5, 0.6) is 0 Å². The zero-order chi connectivity index (χ0) is 20.2. The molecule has 1 fully saturated rings. The Labute approximate surface area is 166 Å². The van der Waals surface area contributed by atoms with Gasteiger partial charge in [-0.15, -0.1) is 0 Å². The molecular formula is C21H19FN4O3. The number of rotatable bonds is 4. The molecule has 0 bridgehead atoms. The van der Waals surface area contributed by atoms with Crippen LogP contribution >= 0.6 is 0 Å². The summed E-state index contributed by atoms with van der Waals surface area (Å²) in [6.07, 6.45) is 4.58. The number of aromatic nitrogens is 1. The summed E-state index contributed by atoms with van der Waals surface area (Å²) in [4.78, 5) is 32.7. The van der Waals surface area contributed by atoms with E-state index in [-0.39, 0.29) is 17.6 Å². The second kappa shape index (κ2) is 8.14. The maximum absolute atomic E-state index is 13.0. The van der Waals surface area contributed by atoms with Crippen molar-refractivity contribution >= 4 is 23.2 Å². The molecule has 3 heterocycles. The van der Waals surface area contributed by atoms with Gasteiger partial charge in [0.25, 0.3) is 11.8 Å². The van der Waals surface area contributed by atoms with E-state index in [0.717, 1.165) is 0 Å². The van der Waals surface area contributed by atoms with E-state index in [4.69, 9.17) is 4.42 Å². The molecule has 0 atom stereocenters. The maximum Gasteiger partial charge on any atom is 0.289 e. The van der Waals surface area contributed by atoms with Gasteiger partial charge in [0, 0.05) is 38.1 Å². The van der Waals surface area contributed by atoms with E-state index in [0.29, 0.717) is 48.9 Å². The molecule has 0 unspecified atom stereocenters. The number of amides is 2. The van der Waals surface area contributed by atoms with Crippen molar-refractivity contribution in [3.8, 4) is 0 Å². The molecule has 0 saturated carbocycles. The fourth-order valence-electron chi connectivity index (χ4n) is 3.18. The molecule has 1 aliphatic rings. The van der Waals surface area contributed by atoms with Crippen molar-refractivity contribution in [2.24, 2.45) is 0 Å². The average Bonchev–Trinajstić information content (AvgIpc) is 3.30. The largest absolute Gasteiger partial charge is 0.459 e. The van der Waals surface area contributed by atoms with E-state index < -0.39 is 0 Å². The van der Waals surface area contributed by atoms with Gasteiger partial charge in [0.1, 0.15) is 5.82 Å². The lowest BCUT2D eigenvalue weighted by molar-refractivity contribution is 0.0518. The van der Waals surface area contributed by atoms with E-state index in [1.54, 1.807) is 46.3 Å². The van der Waals surface area contributed by atoms with Crippen LogP contribution in [0.15, 0.2) is 65.5 Å². The zero-order valence-electron chi connectivity index (χ0n) is 15.5. The summed E-state index contributed by atoms with van der Waals surface area (Å²) in [5, 5.41) is 3.10. The minimum Gasteiger partial charge on any atom is -0.459 e. The van der Waals surface area contributed by atoms with Gasteiger partial charge in [-0.25, -0.2) is 4.39 Å². The van der Waals surface area contributed by atoms with Crippen molar-refractivity contribution in [2.75, 3.05) is 31.5 Å². The van der Waals surface area contributed by atoms with Crippen LogP contribution in [0.4, 0.5) is 15.8 Å². The summed E-state index contributed by atoms with van der Waals surface area (Å²) < 4.78 is 18.2. The highest BCUT2D eigenvalue weighted by atomic mass is 19.1. The number of carbonyl (C=O) groups excluding carboxylic acids is 2. The van der Waals surface area contributed by atoms with E-state index in [1.165, 1.54) is 24.6 Å². The number of hydrogen-bond acceptors (Lipinski definition) is 5. The third-order valence-corrected chi connectivity index (χ3v) is 4.70. The van der Waals surface area contributed by atoms with Crippen LogP contribution in [0.3, 0.4) is 0 Å². The summed E-state index contributed by atoms with van der Waals surface area (Å²) >= 11 is 0. The normalized spacial score (nSPS) is 14.0. The van der Waals surface area contributed by atoms with Gasteiger partial charge in [0.2, 0.25) is 0 Å². The smallest absolute Gasteiger partial charge is 0.289 e. The number of benzene rings is 1. The molecule has 1 aliphatic heterocycles. The first kappa shape index (κ1) is 18.7. The summed E-state index contributed by atoms with van der Waals surface area (Å²) in [6.45, 7) is 1.74. The Morgan fingerprint density at radius 3 is 2.28 bits per heavy atom. The van der Waals surface area contributed by atoms with E-state index in [2.05, 4.69) is 10.3 Å². The minimum atomic E-state index is -0.317. The maximum atomic E-state index is 13.0. The topological polar surface area (TPSA) is 78.7 Å². The molecule has 2 amide bonds. The Kier molecular flexibility index (Phi) is 5.24. The second-order valence-corrected chi connectivity index (χ2v) is 6.66. The molecule has 29 heavy (non-hydrogen) atoms. The third kappa shape index (κ3) is 4.26. The Balaban J connectivity index is 1.38. The minimum absolute atomic E-state index is 0.148. The number of hydrogen-bond donors (Lipinski definition) is 1. The Bertz CT molecular complexity index is 997. The van der Waals surface area contributed by atoms with Gasteiger partial charge < -0.3 is 19.5 Å². The number of halogens is 1. The molecule has 148 valence electrons. The fraction of sp³-hybridized carbons (Fsp3) is 0.190. The summed E-state index contributed by atoms with van der Waals surface area (Å²) in [5.74, 6) is -0.338. The number of piperazine rings is 1. The number of carbonyl (C=O) groups is 2. The van der Waals surface area contributed by atoms with E-state index in [9.17, 15) is 14.0 Å². The van der Waals surface area contributed by atoms with Crippen LogP contribution in [-0.2, 0) is 0 Å². The van der Waals surface area contributed by atoms with Crippen LogP contribution < -0.4 is 5.32 Å². The van der Waals surface area contributed by atoms with Crippen molar-refractivity contribution in [1.29, 1.82) is 0 Å². The first-order valence-corrected chi connectivity index (χ1v) is 9.20. The first-order valence-electron chi connectivity index (χ1n) is 9.20. The van der Waals surface area contributed by atoms with Gasteiger partial charge in [0.05, 0.1) is 23.7 Å². The molecule has 3 aromatic rings. The number of nitrogens with one attached hydrogen (secondary N) is 1. The van der Waals surface area contributed by atoms with Gasteiger partial charge >= 0.3 is 0 Å². The SMILES string of the molecule is O=C(c1cncc(Nc2ccc(F)cc2)c1)N1CCN(C(=O)c2ccco2)CC1. The zero-order valence-corrected chi connectivity index (χ0v) is 15.5. The molecule has 7 nitrogen and oxygen atoms in total. The summed E-state index contributed by atoms with van der Waals surface area (Å²) in [7, 11) is 0. The summed E-state index contributed by atoms with van der Waals surface area (Å²) in [5.41, 5.74) is 1.78. The van der Waals surface area contributed by atoms with E-state index >= 15 is 0 Å². The molecule has 1 N–H and O–H groups in total. The molecule has 2 aromatic heterocycles. The standard InChI is InChI=1S/C21H19FN4O3/c22-16-3-5-17(6-4-16)24-18-12-15(13-23-14-18)20(27)25-7-9-26(10-8-25)21(28)19-2-1-11-29-19/h1-6,11-14,24H,7-10H2.